The highest BCUT2D eigenvalue weighted by Gasteiger charge is 2.17. The van der Waals surface area contributed by atoms with Crippen molar-refractivity contribution in [2.75, 3.05) is 26.7 Å². The zero-order chi connectivity index (χ0) is 8.27. The molecule has 1 fully saturated rings. The quantitative estimate of drug-likeness (QED) is 0.606. The van der Waals surface area contributed by atoms with Gasteiger partial charge in [-0.25, -0.2) is 0 Å². The molecule has 1 N–H and O–H groups in total. The molecule has 1 saturated heterocycles. The maximum Gasteiger partial charge on any atom is 0.0210 e. The molecule has 0 aromatic rings. The number of hydrogen-bond acceptors (Lipinski definition) is 2. The Balaban J connectivity index is 2.13. The van der Waals surface area contributed by atoms with Crippen LogP contribution in [0.2, 0.25) is 0 Å². The lowest BCUT2D eigenvalue weighted by atomic mass is 10.2. The van der Waals surface area contributed by atoms with Crippen LogP contribution in [0.25, 0.3) is 0 Å². The van der Waals surface area contributed by atoms with Crippen molar-refractivity contribution in [3.05, 3.63) is 12.2 Å². The Hall–Kier alpha value is -0.340. The molecule has 0 bridgehead atoms. The van der Waals surface area contributed by atoms with Gasteiger partial charge in [-0.2, -0.15) is 0 Å². The Labute approximate surface area is 69.3 Å². The molecule has 1 heterocycles. The Bertz CT molecular complexity index is 142. The number of nitrogens with zero attached hydrogens (tertiary/aromatic N) is 1. The predicted molar refractivity (Wildman–Crippen MR) is 48.7 cm³/mol. The summed E-state index contributed by atoms with van der Waals surface area (Å²) in [6.07, 6.45) is 1.28. The third-order valence-electron chi connectivity index (χ3n) is 2.08. The molecule has 11 heavy (non-hydrogen) atoms. The van der Waals surface area contributed by atoms with Crippen molar-refractivity contribution < 1.29 is 0 Å². The van der Waals surface area contributed by atoms with Crippen LogP contribution in [-0.4, -0.2) is 37.6 Å². The average molecular weight is 154 g/mol. The van der Waals surface area contributed by atoms with E-state index < -0.39 is 0 Å². The summed E-state index contributed by atoms with van der Waals surface area (Å²) in [5, 5.41) is 3.47. The van der Waals surface area contributed by atoms with Gasteiger partial charge in [-0.1, -0.05) is 12.2 Å². The van der Waals surface area contributed by atoms with E-state index in [0.29, 0.717) is 6.04 Å². The average Bonchev–Trinajstić information content (AvgIpc) is 2.31. The van der Waals surface area contributed by atoms with Gasteiger partial charge in [0, 0.05) is 19.1 Å². The molecule has 0 aromatic heterocycles. The molecule has 1 rings (SSSR count). The normalized spacial score (nSPS) is 25.8. The van der Waals surface area contributed by atoms with E-state index in [9.17, 15) is 0 Å². The van der Waals surface area contributed by atoms with Crippen LogP contribution in [0.5, 0.6) is 0 Å². The Morgan fingerprint density at radius 2 is 2.45 bits per heavy atom. The number of likely N-dealkylation sites (tertiary alicyclic amines) is 1. The van der Waals surface area contributed by atoms with E-state index in [2.05, 4.69) is 30.8 Å². The fourth-order valence-corrected chi connectivity index (χ4v) is 1.42. The molecule has 1 unspecified atom stereocenters. The van der Waals surface area contributed by atoms with Crippen LogP contribution in [0.15, 0.2) is 12.2 Å². The van der Waals surface area contributed by atoms with Crippen molar-refractivity contribution in [1.29, 1.82) is 0 Å². The summed E-state index contributed by atoms with van der Waals surface area (Å²) in [4.78, 5) is 2.36. The van der Waals surface area contributed by atoms with Gasteiger partial charge in [-0.3, -0.25) is 0 Å². The number of likely N-dealkylation sites (N-methyl/N-ethyl adjacent to an activating group) is 1. The van der Waals surface area contributed by atoms with Gasteiger partial charge < -0.3 is 10.2 Å². The summed E-state index contributed by atoms with van der Waals surface area (Å²) >= 11 is 0. The second-order valence-corrected chi connectivity index (χ2v) is 3.59. The number of nitrogens with one attached hydrogen (secondary N) is 1. The summed E-state index contributed by atoms with van der Waals surface area (Å²) in [5.41, 5.74) is 1.22. The second-order valence-electron chi connectivity index (χ2n) is 3.59. The summed E-state index contributed by atoms with van der Waals surface area (Å²) in [7, 11) is 2.17. The molecule has 0 saturated carbocycles. The minimum absolute atomic E-state index is 0.691. The molecule has 1 aliphatic heterocycles. The highest BCUT2D eigenvalue weighted by atomic mass is 15.2. The van der Waals surface area contributed by atoms with Crippen LogP contribution in [0.4, 0.5) is 0 Å². The van der Waals surface area contributed by atoms with Crippen molar-refractivity contribution in [3.8, 4) is 0 Å². The predicted octanol–water partition coefficient (Wildman–Crippen LogP) is 0.856. The van der Waals surface area contributed by atoms with Crippen LogP contribution in [0.1, 0.15) is 13.3 Å². The first-order valence-corrected chi connectivity index (χ1v) is 4.25. The molecule has 0 spiro atoms. The minimum Gasteiger partial charge on any atom is -0.309 e. The molecule has 2 heteroatoms. The van der Waals surface area contributed by atoms with Gasteiger partial charge in [0.05, 0.1) is 0 Å². The zero-order valence-electron chi connectivity index (χ0n) is 7.56. The first-order valence-electron chi connectivity index (χ1n) is 4.25. The van der Waals surface area contributed by atoms with E-state index in [1.807, 2.05) is 0 Å². The first kappa shape index (κ1) is 8.75. The van der Waals surface area contributed by atoms with Gasteiger partial charge in [0.15, 0.2) is 0 Å². The lowest BCUT2D eigenvalue weighted by molar-refractivity contribution is 0.401. The highest BCUT2D eigenvalue weighted by Crippen LogP contribution is 2.05. The van der Waals surface area contributed by atoms with Crippen LogP contribution >= 0.6 is 0 Å². The van der Waals surface area contributed by atoms with Crippen LogP contribution in [0, 0.1) is 0 Å². The van der Waals surface area contributed by atoms with Gasteiger partial charge in [-0.05, 0) is 26.9 Å². The summed E-state index contributed by atoms with van der Waals surface area (Å²) in [6.45, 7) is 9.31. The third-order valence-corrected chi connectivity index (χ3v) is 2.08. The lowest BCUT2D eigenvalue weighted by Gasteiger charge is -2.12. The fourth-order valence-electron chi connectivity index (χ4n) is 1.42. The van der Waals surface area contributed by atoms with E-state index in [0.717, 1.165) is 6.54 Å². The van der Waals surface area contributed by atoms with Gasteiger partial charge >= 0.3 is 0 Å². The summed E-state index contributed by atoms with van der Waals surface area (Å²) < 4.78 is 0. The van der Waals surface area contributed by atoms with Crippen molar-refractivity contribution in [1.82, 2.24) is 10.2 Å². The van der Waals surface area contributed by atoms with E-state index in [4.69, 9.17) is 0 Å². The van der Waals surface area contributed by atoms with Crippen molar-refractivity contribution in [2.24, 2.45) is 0 Å². The van der Waals surface area contributed by atoms with Gasteiger partial charge in [-0.15, -0.1) is 0 Å². The summed E-state index contributed by atoms with van der Waals surface area (Å²) in [5.74, 6) is 0. The van der Waals surface area contributed by atoms with Crippen molar-refractivity contribution in [2.45, 2.75) is 19.4 Å². The second kappa shape index (κ2) is 3.88. The molecule has 0 radical (unpaired) electrons. The molecule has 2 nitrogen and oxygen atoms in total. The standard InChI is InChI=1S/C9H18N2/c1-8(2)6-10-9-4-5-11(3)7-9/h9-10H,1,4-7H2,2-3H3. The van der Waals surface area contributed by atoms with Crippen LogP contribution < -0.4 is 5.32 Å². The minimum atomic E-state index is 0.691. The SMILES string of the molecule is C=C(C)CNC1CCN(C)C1. The van der Waals surface area contributed by atoms with Crippen molar-refractivity contribution in [3.63, 3.8) is 0 Å². The number of rotatable bonds is 3. The third kappa shape index (κ3) is 3.04. The van der Waals surface area contributed by atoms with Crippen molar-refractivity contribution >= 4 is 0 Å². The van der Waals surface area contributed by atoms with Crippen LogP contribution in [-0.2, 0) is 0 Å². The molecular weight excluding hydrogens is 136 g/mol. The lowest BCUT2D eigenvalue weighted by Crippen LogP contribution is -2.32. The zero-order valence-corrected chi connectivity index (χ0v) is 7.56. The van der Waals surface area contributed by atoms with Gasteiger partial charge in [0.1, 0.15) is 0 Å². The molecular formula is C9H18N2. The van der Waals surface area contributed by atoms with Crippen LogP contribution in [0.3, 0.4) is 0 Å². The Morgan fingerprint density at radius 1 is 1.73 bits per heavy atom. The Kier molecular flexibility index (Phi) is 3.09. The summed E-state index contributed by atoms with van der Waals surface area (Å²) in [6, 6.07) is 0.691. The van der Waals surface area contributed by atoms with E-state index in [1.54, 1.807) is 0 Å². The molecule has 0 amide bonds. The molecule has 1 atom stereocenters. The molecule has 64 valence electrons. The van der Waals surface area contributed by atoms with E-state index >= 15 is 0 Å². The van der Waals surface area contributed by atoms with E-state index in [1.165, 1.54) is 25.1 Å². The monoisotopic (exact) mass is 154 g/mol. The largest absolute Gasteiger partial charge is 0.309 e. The van der Waals surface area contributed by atoms with Gasteiger partial charge in [0.2, 0.25) is 0 Å². The highest BCUT2D eigenvalue weighted by molar-refractivity contribution is 4.93. The Morgan fingerprint density at radius 3 is 2.91 bits per heavy atom. The first-order chi connectivity index (χ1) is 5.18. The molecule has 0 aliphatic carbocycles. The topological polar surface area (TPSA) is 15.3 Å². The maximum atomic E-state index is 3.86. The van der Waals surface area contributed by atoms with Gasteiger partial charge in [0.25, 0.3) is 0 Å². The fraction of sp³-hybridized carbons (Fsp3) is 0.778. The molecule has 1 aliphatic rings. The molecule has 0 aromatic carbocycles. The van der Waals surface area contributed by atoms with E-state index in [-0.39, 0.29) is 0 Å². The maximum absolute atomic E-state index is 3.86. The number of hydrogen-bond donors (Lipinski definition) is 1. The smallest absolute Gasteiger partial charge is 0.0210 e.